The third kappa shape index (κ3) is 10.9. The molecule has 0 aliphatic heterocycles. The minimum atomic E-state index is -2.80. The summed E-state index contributed by atoms with van der Waals surface area (Å²) in [4.78, 5) is 32.0. The van der Waals surface area contributed by atoms with Crippen molar-refractivity contribution in [3.63, 3.8) is 0 Å². The van der Waals surface area contributed by atoms with E-state index in [2.05, 4.69) is 15.2 Å². The lowest BCUT2D eigenvalue weighted by Gasteiger charge is -2.26. The van der Waals surface area contributed by atoms with Crippen molar-refractivity contribution in [2.75, 3.05) is 37.8 Å². The summed E-state index contributed by atoms with van der Waals surface area (Å²) in [5.74, 6) is 0.407. The smallest absolute Gasteiger partial charge is 0.396 e. The summed E-state index contributed by atoms with van der Waals surface area (Å²) in [7, 11) is -2.80. The highest BCUT2D eigenvalue weighted by Gasteiger charge is 2.36. The Morgan fingerprint density at radius 1 is 1.25 bits per heavy atom. The van der Waals surface area contributed by atoms with Crippen molar-refractivity contribution in [3.05, 3.63) is 0 Å². The molecule has 1 unspecified atom stereocenters. The molecule has 0 saturated carbocycles. The molecule has 24 heavy (non-hydrogen) atoms. The van der Waals surface area contributed by atoms with Crippen molar-refractivity contribution in [2.24, 2.45) is 5.41 Å². The second-order valence-electron chi connectivity index (χ2n) is 5.63. The maximum Gasteiger partial charge on any atom is 0.694 e. The molecule has 0 aromatic heterocycles. The van der Waals surface area contributed by atoms with Gasteiger partial charge in [-0.15, -0.1) is 9.42 Å². The number of rotatable bonds is 13. The molecule has 0 fully saturated rings. The molecule has 11 heteroatoms. The van der Waals surface area contributed by atoms with Gasteiger partial charge in [0.05, 0.1) is 6.61 Å². The van der Waals surface area contributed by atoms with Gasteiger partial charge in [-0.1, -0.05) is 13.8 Å². The molecular weight excluding hydrogens is 359 g/mol. The third-order valence-electron chi connectivity index (χ3n) is 2.99. The Bertz CT molecular complexity index is 423. The van der Waals surface area contributed by atoms with Gasteiger partial charge in [0.2, 0.25) is 11.8 Å². The van der Waals surface area contributed by atoms with Gasteiger partial charge in [-0.3, -0.25) is 9.59 Å². The number of carbonyl (C=O) groups is 2. The highest BCUT2D eigenvalue weighted by Crippen LogP contribution is 2.26. The van der Waals surface area contributed by atoms with Gasteiger partial charge in [-0.05, 0) is 0 Å². The molecule has 0 aromatic rings. The Balaban J connectivity index is 3.98. The molecule has 2 amide bonds. The number of carbonyl (C=O) groups excluding carboxylic acids is 2. The van der Waals surface area contributed by atoms with E-state index in [-0.39, 0.29) is 32.1 Å². The van der Waals surface area contributed by atoms with Gasteiger partial charge in [-0.25, -0.2) is 0 Å². The van der Waals surface area contributed by atoms with Crippen molar-refractivity contribution >= 4 is 31.8 Å². The Labute approximate surface area is 146 Å². The molecule has 0 aliphatic rings. The predicted octanol–water partition coefficient (Wildman–Crippen LogP) is -0.612. The average Bonchev–Trinajstić information content (AvgIpc) is 2.52. The third-order valence-corrected chi connectivity index (χ3v) is 4.31. The first-order valence-corrected chi connectivity index (χ1v) is 9.69. The van der Waals surface area contributed by atoms with Crippen LogP contribution in [-0.2, 0) is 18.7 Å². The Morgan fingerprint density at radius 2 is 1.92 bits per heavy atom. The lowest BCUT2D eigenvalue weighted by atomic mass is 9.87. The number of aliphatic hydroxyl groups excluding tert-OH is 2. The summed E-state index contributed by atoms with van der Waals surface area (Å²) in [6.45, 7) is 3.42. The van der Waals surface area contributed by atoms with E-state index in [1.165, 1.54) is 25.6 Å². The van der Waals surface area contributed by atoms with E-state index in [9.17, 15) is 19.3 Å². The first-order valence-electron chi connectivity index (χ1n) is 7.41. The first-order chi connectivity index (χ1) is 11.2. The van der Waals surface area contributed by atoms with E-state index in [0.717, 1.165) is 0 Å². The molecule has 2 atom stereocenters. The van der Waals surface area contributed by atoms with Crippen LogP contribution in [0.25, 0.3) is 0 Å². The van der Waals surface area contributed by atoms with Crippen LogP contribution < -0.4 is 10.6 Å². The molecule has 0 radical (unpaired) electrons. The minimum Gasteiger partial charge on any atom is -0.396 e. The summed E-state index contributed by atoms with van der Waals surface area (Å²) in [6.07, 6.45) is -1.37. The number of aliphatic hydroxyl groups is 2. The Morgan fingerprint density at radius 3 is 2.50 bits per heavy atom. The van der Waals surface area contributed by atoms with Crippen LogP contribution >= 0.6 is 20.0 Å². The zero-order valence-corrected chi connectivity index (χ0v) is 15.6. The SMILES string of the molecule is CC(C)(CO[P+](=O)O)[C@@H](O)C(=O)NCCC(=O)NCCSCCO. The van der Waals surface area contributed by atoms with E-state index in [1.807, 2.05) is 0 Å². The number of thioether (sulfide) groups is 1. The maximum atomic E-state index is 11.8. The standard InChI is InChI=1S/C13H25N2O7PS/c1-13(2,9-22-23(20)21)11(18)12(19)15-4-3-10(17)14-5-7-24-8-6-16/h11,16,18H,3-9H2,1-2H3,(H2-,14,15,17,19,20,21)/p+1/t11-/m0/s1. The molecule has 0 rings (SSSR count). The highest BCUT2D eigenvalue weighted by atomic mass is 32.2. The topological polar surface area (TPSA) is 145 Å². The normalized spacial score (nSPS) is 13.3. The zero-order chi connectivity index (χ0) is 18.6. The van der Waals surface area contributed by atoms with E-state index >= 15 is 0 Å². The van der Waals surface area contributed by atoms with Crippen LogP contribution in [0.1, 0.15) is 20.3 Å². The molecule has 0 aliphatic carbocycles. The number of hydrogen-bond donors (Lipinski definition) is 5. The van der Waals surface area contributed by atoms with Gasteiger partial charge < -0.3 is 20.8 Å². The molecule has 0 saturated heterocycles. The largest absolute Gasteiger partial charge is 0.694 e. The molecule has 0 bridgehead atoms. The van der Waals surface area contributed by atoms with Crippen molar-refractivity contribution in [3.8, 4) is 0 Å². The number of nitrogens with one attached hydrogen (secondary N) is 2. The maximum absolute atomic E-state index is 11.8. The second-order valence-corrected chi connectivity index (χ2v) is 7.59. The zero-order valence-electron chi connectivity index (χ0n) is 13.9. The van der Waals surface area contributed by atoms with Gasteiger partial charge >= 0.3 is 8.25 Å². The summed E-state index contributed by atoms with van der Waals surface area (Å²) in [6, 6.07) is 0. The molecular formula is C13H26N2O7PS+. The van der Waals surface area contributed by atoms with Crippen molar-refractivity contribution in [2.45, 2.75) is 26.4 Å². The summed E-state index contributed by atoms with van der Waals surface area (Å²) in [5.41, 5.74) is -1.05. The Hall–Kier alpha value is -0.770. The van der Waals surface area contributed by atoms with E-state index in [4.69, 9.17) is 10.00 Å². The van der Waals surface area contributed by atoms with Gasteiger partial charge in [0.1, 0.15) is 12.7 Å². The summed E-state index contributed by atoms with van der Waals surface area (Å²) < 4.78 is 15.1. The van der Waals surface area contributed by atoms with Crippen LogP contribution in [-0.4, -0.2) is 70.8 Å². The second kappa shape index (κ2) is 12.6. The fraction of sp³-hybridized carbons (Fsp3) is 0.846. The molecule has 0 heterocycles. The van der Waals surface area contributed by atoms with Gasteiger partial charge in [0.25, 0.3) is 0 Å². The van der Waals surface area contributed by atoms with Crippen molar-refractivity contribution < 1.29 is 33.8 Å². The van der Waals surface area contributed by atoms with Gasteiger partial charge in [0, 0.05) is 41.0 Å². The molecule has 0 aromatic carbocycles. The lowest BCUT2D eigenvalue weighted by molar-refractivity contribution is -0.136. The molecule has 0 spiro atoms. The van der Waals surface area contributed by atoms with Crippen molar-refractivity contribution in [1.29, 1.82) is 0 Å². The quantitative estimate of drug-likeness (QED) is 0.208. The van der Waals surface area contributed by atoms with E-state index in [0.29, 0.717) is 18.1 Å². The fourth-order valence-electron chi connectivity index (χ4n) is 1.57. The van der Waals surface area contributed by atoms with Crippen LogP contribution in [0.15, 0.2) is 0 Å². The van der Waals surface area contributed by atoms with E-state index < -0.39 is 25.7 Å². The monoisotopic (exact) mass is 385 g/mol. The Kier molecular flexibility index (Phi) is 12.2. The fourth-order valence-corrected chi connectivity index (χ4v) is 2.59. The van der Waals surface area contributed by atoms with Crippen molar-refractivity contribution in [1.82, 2.24) is 10.6 Å². The minimum absolute atomic E-state index is 0.0662. The molecule has 140 valence electrons. The highest BCUT2D eigenvalue weighted by molar-refractivity contribution is 7.99. The van der Waals surface area contributed by atoms with Crippen LogP contribution in [0.5, 0.6) is 0 Å². The lowest BCUT2D eigenvalue weighted by Crippen LogP contribution is -2.46. The summed E-state index contributed by atoms with van der Waals surface area (Å²) >= 11 is 1.52. The van der Waals surface area contributed by atoms with Crippen LogP contribution in [0.2, 0.25) is 0 Å². The number of hydrogen-bond acceptors (Lipinski definition) is 7. The van der Waals surface area contributed by atoms with Crippen LogP contribution in [0.3, 0.4) is 0 Å². The van der Waals surface area contributed by atoms with Gasteiger partial charge in [0.15, 0.2) is 0 Å². The summed E-state index contributed by atoms with van der Waals surface area (Å²) in [5, 5.41) is 23.7. The first kappa shape index (κ1) is 23.2. The van der Waals surface area contributed by atoms with Crippen LogP contribution in [0, 0.1) is 5.41 Å². The average molecular weight is 385 g/mol. The number of amides is 2. The van der Waals surface area contributed by atoms with Gasteiger partial charge in [-0.2, -0.15) is 11.8 Å². The predicted molar refractivity (Wildman–Crippen MR) is 90.6 cm³/mol. The van der Waals surface area contributed by atoms with E-state index in [1.54, 1.807) is 0 Å². The van der Waals surface area contributed by atoms with Crippen LogP contribution in [0.4, 0.5) is 0 Å². The molecule has 5 N–H and O–H groups in total. The molecule has 9 nitrogen and oxygen atoms in total.